The first-order valence-corrected chi connectivity index (χ1v) is 11.2. The van der Waals surface area contributed by atoms with E-state index in [9.17, 15) is 9.59 Å². The first-order valence-electron chi connectivity index (χ1n) is 11.2. The SMILES string of the molecule is CCCCC[C@](C)(OCCC)C(=O)Nc1ccc(O[C@H](C)CC)c(C(=O)OCC)c1. The molecule has 0 bridgehead atoms. The molecule has 0 aliphatic rings. The number of anilines is 1. The van der Waals surface area contributed by atoms with Crippen molar-refractivity contribution in [3.8, 4) is 5.75 Å². The summed E-state index contributed by atoms with van der Waals surface area (Å²) >= 11 is 0. The van der Waals surface area contributed by atoms with Crippen molar-refractivity contribution in [2.45, 2.75) is 91.8 Å². The number of nitrogens with one attached hydrogen (secondary N) is 1. The molecule has 0 fully saturated rings. The van der Waals surface area contributed by atoms with E-state index in [1.54, 1.807) is 25.1 Å². The van der Waals surface area contributed by atoms with Crippen molar-refractivity contribution in [1.82, 2.24) is 0 Å². The van der Waals surface area contributed by atoms with Crippen LogP contribution in [0.5, 0.6) is 5.75 Å². The Hall–Kier alpha value is -2.08. The Kier molecular flexibility index (Phi) is 11.5. The van der Waals surface area contributed by atoms with Crippen LogP contribution in [0.3, 0.4) is 0 Å². The molecule has 0 aliphatic heterocycles. The molecule has 0 aromatic heterocycles. The smallest absolute Gasteiger partial charge is 0.341 e. The minimum absolute atomic E-state index is 0.0390. The summed E-state index contributed by atoms with van der Waals surface area (Å²) in [5.41, 5.74) is -0.0975. The standard InChI is InChI=1S/C24H39NO5/c1-7-11-12-15-24(6,29-16-8-2)23(27)25-19-13-14-21(30-18(5)9-3)20(17-19)22(26)28-10-4/h13-14,17-18H,7-12,15-16H2,1-6H3,(H,25,27)/t18-,24+/m1/s1. The second kappa shape index (κ2) is 13.3. The monoisotopic (exact) mass is 421 g/mol. The Bertz CT molecular complexity index is 676. The van der Waals surface area contributed by atoms with E-state index in [1.807, 2.05) is 27.7 Å². The van der Waals surface area contributed by atoms with Crippen LogP contribution >= 0.6 is 0 Å². The zero-order valence-corrected chi connectivity index (χ0v) is 19.5. The number of carbonyl (C=O) groups is 2. The van der Waals surface area contributed by atoms with Gasteiger partial charge in [0.05, 0.1) is 12.7 Å². The maximum absolute atomic E-state index is 13.1. The van der Waals surface area contributed by atoms with Crippen LogP contribution in [0.15, 0.2) is 18.2 Å². The lowest BCUT2D eigenvalue weighted by atomic mass is 9.96. The van der Waals surface area contributed by atoms with E-state index in [2.05, 4.69) is 12.2 Å². The Morgan fingerprint density at radius 1 is 1.10 bits per heavy atom. The third kappa shape index (κ3) is 7.98. The highest BCUT2D eigenvalue weighted by Gasteiger charge is 2.34. The summed E-state index contributed by atoms with van der Waals surface area (Å²) in [4.78, 5) is 25.5. The number of rotatable bonds is 14. The van der Waals surface area contributed by atoms with E-state index < -0.39 is 11.6 Å². The number of benzene rings is 1. The van der Waals surface area contributed by atoms with Crippen LogP contribution in [0, 0.1) is 0 Å². The van der Waals surface area contributed by atoms with Crippen molar-refractivity contribution in [3.63, 3.8) is 0 Å². The van der Waals surface area contributed by atoms with E-state index in [1.165, 1.54) is 0 Å². The maximum atomic E-state index is 13.1. The normalized spacial score (nSPS) is 13.9. The van der Waals surface area contributed by atoms with Gasteiger partial charge < -0.3 is 19.5 Å². The first-order chi connectivity index (χ1) is 14.3. The Morgan fingerprint density at radius 2 is 1.83 bits per heavy atom. The minimum Gasteiger partial charge on any atom is -0.490 e. The molecule has 0 radical (unpaired) electrons. The summed E-state index contributed by atoms with van der Waals surface area (Å²) in [7, 11) is 0. The molecule has 1 aromatic carbocycles. The number of hydrogen-bond acceptors (Lipinski definition) is 5. The van der Waals surface area contributed by atoms with Crippen molar-refractivity contribution in [2.24, 2.45) is 0 Å². The predicted octanol–water partition coefficient (Wildman–Crippen LogP) is 5.74. The van der Waals surface area contributed by atoms with Gasteiger partial charge in [-0.05, 0) is 58.2 Å². The number of unbranched alkanes of at least 4 members (excludes halogenated alkanes) is 2. The molecule has 0 aliphatic carbocycles. The molecule has 0 unspecified atom stereocenters. The van der Waals surface area contributed by atoms with Crippen molar-refractivity contribution < 1.29 is 23.8 Å². The summed E-state index contributed by atoms with van der Waals surface area (Å²) in [6, 6.07) is 5.06. The van der Waals surface area contributed by atoms with Gasteiger partial charge in [-0.1, -0.05) is 40.0 Å². The van der Waals surface area contributed by atoms with Crippen LogP contribution in [-0.4, -0.2) is 36.8 Å². The summed E-state index contributed by atoms with van der Waals surface area (Å²) in [6.45, 7) is 12.5. The quantitative estimate of drug-likeness (QED) is 0.306. The lowest BCUT2D eigenvalue weighted by Crippen LogP contribution is -2.43. The molecule has 0 saturated heterocycles. The molecule has 1 N–H and O–H groups in total. The van der Waals surface area contributed by atoms with Gasteiger partial charge in [0.15, 0.2) is 0 Å². The number of ether oxygens (including phenoxy) is 3. The number of carbonyl (C=O) groups excluding carboxylic acids is 2. The molecule has 0 heterocycles. The lowest BCUT2D eigenvalue weighted by molar-refractivity contribution is -0.140. The van der Waals surface area contributed by atoms with Gasteiger partial charge in [-0.15, -0.1) is 0 Å². The summed E-state index contributed by atoms with van der Waals surface area (Å²) < 4.78 is 17.0. The largest absolute Gasteiger partial charge is 0.490 e. The van der Waals surface area contributed by atoms with E-state index in [4.69, 9.17) is 14.2 Å². The highest BCUT2D eigenvalue weighted by molar-refractivity contribution is 5.99. The fourth-order valence-corrected chi connectivity index (χ4v) is 2.93. The van der Waals surface area contributed by atoms with E-state index in [0.29, 0.717) is 30.0 Å². The number of esters is 1. The molecule has 1 rings (SSSR count). The minimum atomic E-state index is -0.916. The summed E-state index contributed by atoms with van der Waals surface area (Å²) in [5, 5.41) is 2.92. The second-order valence-corrected chi connectivity index (χ2v) is 7.76. The van der Waals surface area contributed by atoms with Crippen LogP contribution in [0.25, 0.3) is 0 Å². The van der Waals surface area contributed by atoms with Gasteiger partial charge in [0.2, 0.25) is 0 Å². The highest BCUT2D eigenvalue weighted by atomic mass is 16.5. The predicted molar refractivity (Wildman–Crippen MR) is 120 cm³/mol. The van der Waals surface area contributed by atoms with Gasteiger partial charge >= 0.3 is 5.97 Å². The number of hydrogen-bond donors (Lipinski definition) is 1. The lowest BCUT2D eigenvalue weighted by Gasteiger charge is -2.29. The van der Waals surface area contributed by atoms with Gasteiger partial charge in [-0.25, -0.2) is 4.79 Å². The fourth-order valence-electron chi connectivity index (χ4n) is 2.93. The van der Waals surface area contributed by atoms with Crippen LogP contribution in [-0.2, 0) is 14.3 Å². The van der Waals surface area contributed by atoms with Gasteiger partial charge in [0.25, 0.3) is 5.91 Å². The van der Waals surface area contributed by atoms with Crippen LogP contribution in [0.1, 0.15) is 90.4 Å². The van der Waals surface area contributed by atoms with E-state index in [0.717, 1.165) is 32.1 Å². The van der Waals surface area contributed by atoms with Gasteiger partial charge in [-0.3, -0.25) is 4.79 Å². The molecular formula is C24H39NO5. The van der Waals surface area contributed by atoms with Gasteiger partial charge in [0.1, 0.15) is 16.9 Å². The fraction of sp³-hybridized carbons (Fsp3) is 0.667. The molecule has 1 amide bonds. The van der Waals surface area contributed by atoms with E-state index >= 15 is 0 Å². The topological polar surface area (TPSA) is 73.9 Å². The Labute approximate surface area is 181 Å². The molecule has 1 aromatic rings. The molecule has 6 heteroatoms. The molecule has 6 nitrogen and oxygen atoms in total. The molecule has 170 valence electrons. The molecule has 2 atom stereocenters. The third-order valence-corrected chi connectivity index (χ3v) is 5.00. The Morgan fingerprint density at radius 3 is 2.43 bits per heavy atom. The second-order valence-electron chi connectivity index (χ2n) is 7.76. The molecule has 30 heavy (non-hydrogen) atoms. The van der Waals surface area contributed by atoms with Crippen molar-refractivity contribution >= 4 is 17.6 Å². The average Bonchev–Trinajstić information content (AvgIpc) is 2.73. The van der Waals surface area contributed by atoms with E-state index in [-0.39, 0.29) is 18.6 Å². The van der Waals surface area contributed by atoms with Crippen molar-refractivity contribution in [1.29, 1.82) is 0 Å². The van der Waals surface area contributed by atoms with Crippen molar-refractivity contribution in [3.05, 3.63) is 23.8 Å². The van der Waals surface area contributed by atoms with Gasteiger partial charge in [0, 0.05) is 12.3 Å². The highest BCUT2D eigenvalue weighted by Crippen LogP contribution is 2.27. The number of amides is 1. The zero-order chi connectivity index (χ0) is 22.6. The van der Waals surface area contributed by atoms with Crippen LogP contribution in [0.2, 0.25) is 0 Å². The van der Waals surface area contributed by atoms with Gasteiger partial charge in [-0.2, -0.15) is 0 Å². The first kappa shape index (κ1) is 26.0. The van der Waals surface area contributed by atoms with Crippen LogP contribution < -0.4 is 10.1 Å². The maximum Gasteiger partial charge on any atom is 0.341 e. The van der Waals surface area contributed by atoms with Crippen molar-refractivity contribution in [2.75, 3.05) is 18.5 Å². The Balaban J connectivity index is 3.09. The average molecular weight is 422 g/mol. The molecule has 0 saturated carbocycles. The van der Waals surface area contributed by atoms with Crippen LogP contribution in [0.4, 0.5) is 5.69 Å². The molecular weight excluding hydrogens is 382 g/mol. The summed E-state index contributed by atoms with van der Waals surface area (Å²) in [5.74, 6) is -0.231. The molecule has 0 spiro atoms. The zero-order valence-electron chi connectivity index (χ0n) is 19.5. The third-order valence-electron chi connectivity index (χ3n) is 5.00. The summed E-state index contributed by atoms with van der Waals surface area (Å²) in [6.07, 6.45) is 5.30.